The van der Waals surface area contributed by atoms with Crippen LogP contribution in [0.4, 0.5) is 0 Å². The smallest absolute Gasteiger partial charge is 0.335 e. The van der Waals surface area contributed by atoms with Crippen LogP contribution in [0.2, 0.25) is 0 Å². The van der Waals surface area contributed by atoms with Crippen molar-refractivity contribution in [2.45, 2.75) is 19.6 Å². The lowest BCUT2D eigenvalue weighted by Crippen LogP contribution is -2.28. The predicted octanol–water partition coefficient (Wildman–Crippen LogP) is 3.25. The Morgan fingerprint density at radius 3 is 2.30 bits per heavy atom. The number of hydrogen-bond donors (Lipinski definition) is 1. The molecule has 0 bridgehead atoms. The third kappa shape index (κ3) is 4.30. The van der Waals surface area contributed by atoms with Crippen LogP contribution in [0, 0.1) is 0 Å². The molecule has 1 atom stereocenters. The molecule has 1 aromatic carbocycles. The molecule has 0 unspecified atom stereocenters. The second-order valence-electron chi connectivity index (χ2n) is 3.90. The van der Waals surface area contributed by atoms with Gasteiger partial charge in [-0.05, 0) is 25.5 Å². The third-order valence-electron chi connectivity index (χ3n) is 2.51. The molecule has 0 aliphatic rings. The second kappa shape index (κ2) is 8.00. The minimum Gasteiger partial charge on any atom is -0.335 e. The van der Waals surface area contributed by atoms with Crippen molar-refractivity contribution in [2.24, 2.45) is 0 Å². The molecule has 110 valence electrons. The highest BCUT2D eigenvalue weighted by atomic mass is 31.2. The highest BCUT2D eigenvalue weighted by molar-refractivity contribution is 7.54. The molecular formula is C14H20NO4P. The van der Waals surface area contributed by atoms with Crippen LogP contribution in [-0.4, -0.2) is 19.1 Å². The summed E-state index contributed by atoms with van der Waals surface area (Å²) in [7, 11) is -3.50. The predicted molar refractivity (Wildman–Crippen MR) is 78.4 cm³/mol. The Morgan fingerprint density at radius 2 is 1.85 bits per heavy atom. The second-order valence-corrected chi connectivity index (χ2v) is 6.01. The van der Waals surface area contributed by atoms with E-state index in [0.29, 0.717) is 5.56 Å². The summed E-state index contributed by atoms with van der Waals surface area (Å²) in [6.45, 7) is 7.30. The molecule has 0 aliphatic carbocycles. The van der Waals surface area contributed by atoms with Crippen molar-refractivity contribution in [3.8, 4) is 0 Å². The van der Waals surface area contributed by atoms with Crippen molar-refractivity contribution < 1.29 is 18.4 Å². The van der Waals surface area contributed by atoms with Crippen molar-refractivity contribution >= 4 is 13.5 Å². The zero-order chi connectivity index (χ0) is 15.0. The number of carbonyl (C=O) groups is 1. The Kier molecular flexibility index (Phi) is 6.65. The summed E-state index contributed by atoms with van der Waals surface area (Å²) in [5, 5.41) is 2.62. The molecule has 0 fully saturated rings. The van der Waals surface area contributed by atoms with Crippen molar-refractivity contribution in [1.82, 2.24) is 5.32 Å². The first kappa shape index (κ1) is 16.6. The van der Waals surface area contributed by atoms with Crippen LogP contribution in [-0.2, 0) is 18.4 Å². The Bertz CT molecular complexity index is 479. The summed E-state index contributed by atoms with van der Waals surface area (Å²) >= 11 is 0. The molecule has 1 rings (SSSR count). The number of benzene rings is 1. The van der Waals surface area contributed by atoms with Crippen molar-refractivity contribution in [3.05, 3.63) is 48.6 Å². The van der Waals surface area contributed by atoms with Gasteiger partial charge in [0.05, 0.1) is 13.2 Å². The van der Waals surface area contributed by atoms with Crippen LogP contribution in [0.15, 0.2) is 43.0 Å². The van der Waals surface area contributed by atoms with Gasteiger partial charge in [-0.2, -0.15) is 0 Å². The van der Waals surface area contributed by atoms with E-state index in [1.165, 1.54) is 0 Å². The Hall–Kier alpha value is -1.42. The Labute approximate surface area is 119 Å². The molecule has 0 aliphatic heterocycles. The summed E-state index contributed by atoms with van der Waals surface area (Å²) in [4.78, 5) is 11.6. The fraction of sp³-hybridized carbons (Fsp3) is 0.357. The minimum atomic E-state index is -3.50. The molecule has 0 saturated carbocycles. The SMILES string of the molecule is C=CC(=O)N[C@H](c1ccccc1)P(=O)(OCC)OCC. The molecule has 20 heavy (non-hydrogen) atoms. The summed E-state index contributed by atoms with van der Waals surface area (Å²) in [6.07, 6.45) is 1.12. The van der Waals surface area contributed by atoms with Crippen LogP contribution in [0.25, 0.3) is 0 Å². The van der Waals surface area contributed by atoms with E-state index in [4.69, 9.17) is 9.05 Å². The molecule has 5 nitrogen and oxygen atoms in total. The molecule has 0 spiro atoms. The standard InChI is InChI=1S/C14H20NO4P/c1-4-13(16)15-14(12-10-8-7-9-11-12)20(17,18-5-2)19-6-3/h4,7-11,14H,1,5-6H2,2-3H3,(H,15,16)/t14-/m0/s1. The van der Waals surface area contributed by atoms with Crippen LogP contribution >= 0.6 is 7.60 Å². The quantitative estimate of drug-likeness (QED) is 0.591. The summed E-state index contributed by atoms with van der Waals surface area (Å²) in [5.74, 6) is -1.28. The molecule has 0 heterocycles. The van der Waals surface area contributed by atoms with Gasteiger partial charge in [-0.3, -0.25) is 9.36 Å². The van der Waals surface area contributed by atoms with Gasteiger partial charge in [-0.15, -0.1) is 0 Å². The van der Waals surface area contributed by atoms with Gasteiger partial charge in [-0.25, -0.2) is 0 Å². The maximum Gasteiger partial charge on any atom is 0.357 e. The number of nitrogens with one attached hydrogen (secondary N) is 1. The fourth-order valence-electron chi connectivity index (χ4n) is 1.72. The van der Waals surface area contributed by atoms with Gasteiger partial charge < -0.3 is 14.4 Å². The van der Waals surface area contributed by atoms with Gasteiger partial charge in [0.15, 0.2) is 5.78 Å². The Balaban J connectivity index is 3.17. The number of amides is 1. The third-order valence-corrected chi connectivity index (χ3v) is 4.81. The van der Waals surface area contributed by atoms with Crippen LogP contribution in [0.1, 0.15) is 25.2 Å². The summed E-state index contributed by atoms with van der Waals surface area (Å²) in [6, 6.07) is 8.95. The normalized spacial score (nSPS) is 12.7. The lowest BCUT2D eigenvalue weighted by molar-refractivity contribution is -0.116. The maximum absolute atomic E-state index is 12.9. The molecule has 1 aromatic rings. The van der Waals surface area contributed by atoms with Gasteiger partial charge in [0.1, 0.15) is 0 Å². The van der Waals surface area contributed by atoms with Crippen molar-refractivity contribution in [1.29, 1.82) is 0 Å². The largest absolute Gasteiger partial charge is 0.357 e. The number of hydrogen-bond acceptors (Lipinski definition) is 4. The minimum absolute atomic E-state index is 0.227. The maximum atomic E-state index is 12.9. The topological polar surface area (TPSA) is 64.6 Å². The van der Waals surface area contributed by atoms with E-state index in [-0.39, 0.29) is 13.2 Å². The molecule has 0 aromatic heterocycles. The summed E-state index contributed by atoms with van der Waals surface area (Å²) in [5.41, 5.74) is 0.660. The highest BCUT2D eigenvalue weighted by Gasteiger charge is 2.37. The highest BCUT2D eigenvalue weighted by Crippen LogP contribution is 2.59. The van der Waals surface area contributed by atoms with E-state index < -0.39 is 19.3 Å². The van der Waals surface area contributed by atoms with Crippen LogP contribution in [0.3, 0.4) is 0 Å². The van der Waals surface area contributed by atoms with Gasteiger partial charge in [0.2, 0.25) is 5.91 Å². The first-order valence-electron chi connectivity index (χ1n) is 6.44. The van der Waals surface area contributed by atoms with E-state index in [0.717, 1.165) is 6.08 Å². The molecular weight excluding hydrogens is 277 g/mol. The zero-order valence-corrected chi connectivity index (χ0v) is 12.6. The number of carbonyl (C=O) groups excluding carboxylic acids is 1. The number of rotatable bonds is 8. The average molecular weight is 297 g/mol. The first-order valence-corrected chi connectivity index (χ1v) is 8.05. The van der Waals surface area contributed by atoms with E-state index in [1.807, 2.05) is 6.07 Å². The van der Waals surface area contributed by atoms with Crippen LogP contribution in [0.5, 0.6) is 0 Å². The van der Waals surface area contributed by atoms with E-state index in [9.17, 15) is 9.36 Å². The lowest BCUT2D eigenvalue weighted by atomic mass is 10.2. The lowest BCUT2D eigenvalue weighted by Gasteiger charge is -2.27. The fourth-order valence-corrected chi connectivity index (χ4v) is 3.64. The van der Waals surface area contributed by atoms with Gasteiger partial charge in [0.25, 0.3) is 0 Å². The molecule has 1 amide bonds. The van der Waals surface area contributed by atoms with Crippen molar-refractivity contribution in [3.63, 3.8) is 0 Å². The van der Waals surface area contributed by atoms with Gasteiger partial charge >= 0.3 is 7.60 Å². The summed E-state index contributed by atoms with van der Waals surface area (Å²) < 4.78 is 23.5. The van der Waals surface area contributed by atoms with Gasteiger partial charge in [0, 0.05) is 0 Å². The Morgan fingerprint density at radius 1 is 1.30 bits per heavy atom. The van der Waals surface area contributed by atoms with E-state index in [2.05, 4.69) is 11.9 Å². The molecule has 0 radical (unpaired) electrons. The van der Waals surface area contributed by atoms with Gasteiger partial charge in [-0.1, -0.05) is 36.9 Å². The average Bonchev–Trinajstić information content (AvgIpc) is 2.45. The zero-order valence-electron chi connectivity index (χ0n) is 11.7. The molecule has 0 saturated heterocycles. The molecule has 6 heteroatoms. The van der Waals surface area contributed by atoms with Crippen molar-refractivity contribution in [2.75, 3.05) is 13.2 Å². The first-order chi connectivity index (χ1) is 9.57. The monoisotopic (exact) mass is 297 g/mol. The van der Waals surface area contributed by atoms with E-state index >= 15 is 0 Å². The molecule has 1 N–H and O–H groups in total. The van der Waals surface area contributed by atoms with E-state index in [1.54, 1.807) is 38.1 Å². The van der Waals surface area contributed by atoms with Crippen LogP contribution < -0.4 is 5.32 Å².